The summed E-state index contributed by atoms with van der Waals surface area (Å²) in [6.45, 7) is 8.34. The van der Waals surface area contributed by atoms with Crippen molar-refractivity contribution in [2.24, 2.45) is 5.41 Å². The van der Waals surface area contributed by atoms with E-state index >= 15 is 0 Å². The maximum absolute atomic E-state index is 3.83. The summed E-state index contributed by atoms with van der Waals surface area (Å²) in [7, 11) is 0. The van der Waals surface area contributed by atoms with Gasteiger partial charge in [-0.3, -0.25) is 0 Å². The zero-order valence-electron chi connectivity index (χ0n) is 12.4. The van der Waals surface area contributed by atoms with Gasteiger partial charge in [-0.15, -0.1) is 0 Å². The summed E-state index contributed by atoms with van der Waals surface area (Å²) in [5, 5.41) is 3.83. The highest BCUT2D eigenvalue weighted by Crippen LogP contribution is 2.24. The molecule has 0 spiro atoms. The molecule has 0 saturated heterocycles. The summed E-state index contributed by atoms with van der Waals surface area (Å²) in [4.78, 5) is 0. The summed E-state index contributed by atoms with van der Waals surface area (Å²) in [5.74, 6) is 0. The van der Waals surface area contributed by atoms with Crippen LogP contribution in [0.4, 0.5) is 0 Å². The van der Waals surface area contributed by atoms with Gasteiger partial charge in [0.25, 0.3) is 0 Å². The van der Waals surface area contributed by atoms with Crippen LogP contribution in [0.5, 0.6) is 0 Å². The second-order valence-electron chi connectivity index (χ2n) is 6.69. The van der Waals surface area contributed by atoms with E-state index in [9.17, 15) is 0 Å². The van der Waals surface area contributed by atoms with Gasteiger partial charge in [0.1, 0.15) is 0 Å². The SMILES string of the molecule is CCCCCC(C)(C)CNC1CCCCCC1. The summed E-state index contributed by atoms with van der Waals surface area (Å²) in [6.07, 6.45) is 14.1. The Kier molecular flexibility index (Phi) is 7.18. The summed E-state index contributed by atoms with van der Waals surface area (Å²) >= 11 is 0. The molecule has 102 valence electrons. The Hall–Kier alpha value is -0.0400. The number of rotatable bonds is 7. The minimum atomic E-state index is 0.488. The monoisotopic (exact) mass is 239 g/mol. The molecule has 0 aromatic rings. The van der Waals surface area contributed by atoms with E-state index in [-0.39, 0.29) is 0 Å². The van der Waals surface area contributed by atoms with Crippen molar-refractivity contribution in [3.05, 3.63) is 0 Å². The van der Waals surface area contributed by atoms with Crippen molar-refractivity contribution in [2.75, 3.05) is 6.54 Å². The number of unbranched alkanes of at least 4 members (excludes halogenated alkanes) is 2. The molecule has 1 rings (SSSR count). The van der Waals surface area contributed by atoms with Crippen molar-refractivity contribution < 1.29 is 0 Å². The van der Waals surface area contributed by atoms with E-state index < -0.39 is 0 Å². The summed E-state index contributed by atoms with van der Waals surface area (Å²) in [5.41, 5.74) is 0.488. The van der Waals surface area contributed by atoms with Gasteiger partial charge >= 0.3 is 0 Å². The second kappa shape index (κ2) is 8.13. The number of nitrogens with one attached hydrogen (secondary N) is 1. The van der Waals surface area contributed by atoms with Gasteiger partial charge < -0.3 is 5.32 Å². The highest BCUT2D eigenvalue weighted by molar-refractivity contribution is 4.77. The molecule has 1 saturated carbocycles. The van der Waals surface area contributed by atoms with Crippen LogP contribution in [0.15, 0.2) is 0 Å². The number of hydrogen-bond acceptors (Lipinski definition) is 1. The third kappa shape index (κ3) is 7.08. The van der Waals surface area contributed by atoms with Crippen LogP contribution in [0.2, 0.25) is 0 Å². The Labute approximate surface area is 109 Å². The molecule has 0 bridgehead atoms. The molecule has 0 aromatic heterocycles. The van der Waals surface area contributed by atoms with E-state index in [1.807, 2.05) is 0 Å². The zero-order chi connectivity index (χ0) is 12.6. The summed E-state index contributed by atoms with van der Waals surface area (Å²) < 4.78 is 0. The van der Waals surface area contributed by atoms with Crippen molar-refractivity contribution in [2.45, 2.75) is 91.0 Å². The first-order chi connectivity index (χ1) is 8.14. The van der Waals surface area contributed by atoms with Gasteiger partial charge in [-0.05, 0) is 24.7 Å². The molecule has 0 unspecified atom stereocenters. The van der Waals surface area contributed by atoms with Crippen molar-refractivity contribution in [3.8, 4) is 0 Å². The van der Waals surface area contributed by atoms with E-state index in [0.717, 1.165) is 6.04 Å². The molecule has 1 nitrogen and oxygen atoms in total. The molecular formula is C16H33N. The first-order valence-corrected chi connectivity index (χ1v) is 7.87. The van der Waals surface area contributed by atoms with E-state index in [2.05, 4.69) is 26.1 Å². The second-order valence-corrected chi connectivity index (χ2v) is 6.69. The third-order valence-corrected chi connectivity index (χ3v) is 4.18. The molecule has 1 aliphatic carbocycles. The Morgan fingerprint density at radius 3 is 2.24 bits per heavy atom. The number of hydrogen-bond donors (Lipinski definition) is 1. The van der Waals surface area contributed by atoms with E-state index in [0.29, 0.717) is 5.41 Å². The molecule has 0 aromatic carbocycles. The Balaban J connectivity index is 2.17. The van der Waals surface area contributed by atoms with Gasteiger partial charge in [0.2, 0.25) is 0 Å². The van der Waals surface area contributed by atoms with Gasteiger partial charge in [0, 0.05) is 12.6 Å². The minimum Gasteiger partial charge on any atom is -0.313 e. The van der Waals surface area contributed by atoms with Gasteiger partial charge in [-0.1, -0.05) is 65.7 Å². The Morgan fingerprint density at radius 1 is 1.00 bits per heavy atom. The topological polar surface area (TPSA) is 12.0 Å². The Morgan fingerprint density at radius 2 is 1.65 bits per heavy atom. The van der Waals surface area contributed by atoms with E-state index in [1.54, 1.807) is 0 Å². The van der Waals surface area contributed by atoms with Gasteiger partial charge in [0.15, 0.2) is 0 Å². The molecule has 0 heterocycles. The van der Waals surface area contributed by atoms with Crippen LogP contribution in [0.25, 0.3) is 0 Å². The van der Waals surface area contributed by atoms with Crippen LogP contribution in [0, 0.1) is 5.41 Å². The van der Waals surface area contributed by atoms with E-state index in [1.165, 1.54) is 70.8 Å². The normalized spacial score (nSPS) is 19.2. The molecule has 17 heavy (non-hydrogen) atoms. The molecule has 0 radical (unpaired) electrons. The van der Waals surface area contributed by atoms with Crippen molar-refractivity contribution in [3.63, 3.8) is 0 Å². The lowest BCUT2D eigenvalue weighted by atomic mass is 9.86. The van der Waals surface area contributed by atoms with Crippen LogP contribution in [-0.4, -0.2) is 12.6 Å². The zero-order valence-corrected chi connectivity index (χ0v) is 12.4. The first-order valence-electron chi connectivity index (χ1n) is 7.87. The lowest BCUT2D eigenvalue weighted by Gasteiger charge is -2.28. The van der Waals surface area contributed by atoms with Crippen molar-refractivity contribution >= 4 is 0 Å². The first kappa shape index (κ1) is 15.0. The van der Waals surface area contributed by atoms with Crippen molar-refractivity contribution in [1.29, 1.82) is 0 Å². The minimum absolute atomic E-state index is 0.488. The Bertz CT molecular complexity index is 178. The predicted octanol–water partition coefficient (Wildman–Crippen LogP) is 4.91. The molecule has 0 amide bonds. The maximum atomic E-state index is 3.83. The highest BCUT2D eigenvalue weighted by Gasteiger charge is 2.19. The lowest BCUT2D eigenvalue weighted by molar-refractivity contribution is 0.279. The smallest absolute Gasteiger partial charge is 0.00672 e. The van der Waals surface area contributed by atoms with Gasteiger partial charge in [-0.2, -0.15) is 0 Å². The molecule has 0 atom stereocenters. The van der Waals surface area contributed by atoms with Crippen LogP contribution < -0.4 is 5.32 Å². The van der Waals surface area contributed by atoms with Crippen LogP contribution in [0.1, 0.15) is 85.0 Å². The fraction of sp³-hybridized carbons (Fsp3) is 1.00. The molecule has 1 heteroatoms. The quantitative estimate of drug-likeness (QED) is 0.492. The average Bonchev–Trinajstić information content (AvgIpc) is 2.55. The lowest BCUT2D eigenvalue weighted by Crippen LogP contribution is -2.36. The fourth-order valence-electron chi connectivity index (χ4n) is 2.85. The fourth-order valence-corrected chi connectivity index (χ4v) is 2.85. The third-order valence-electron chi connectivity index (χ3n) is 4.18. The predicted molar refractivity (Wildman–Crippen MR) is 77.4 cm³/mol. The summed E-state index contributed by atoms with van der Waals surface area (Å²) in [6, 6.07) is 0.808. The molecule has 0 aliphatic heterocycles. The molecule has 1 fully saturated rings. The van der Waals surface area contributed by atoms with Crippen LogP contribution >= 0.6 is 0 Å². The standard InChI is InChI=1S/C16H33N/c1-4-5-10-13-16(2,3)14-17-15-11-8-6-7-9-12-15/h15,17H,4-14H2,1-3H3. The maximum Gasteiger partial charge on any atom is 0.00672 e. The van der Waals surface area contributed by atoms with Gasteiger partial charge in [-0.25, -0.2) is 0 Å². The highest BCUT2D eigenvalue weighted by atomic mass is 14.9. The molecule has 1 N–H and O–H groups in total. The average molecular weight is 239 g/mol. The van der Waals surface area contributed by atoms with E-state index in [4.69, 9.17) is 0 Å². The van der Waals surface area contributed by atoms with Crippen molar-refractivity contribution in [1.82, 2.24) is 5.32 Å². The largest absolute Gasteiger partial charge is 0.313 e. The van der Waals surface area contributed by atoms with Crippen LogP contribution in [-0.2, 0) is 0 Å². The molecular weight excluding hydrogens is 206 g/mol. The van der Waals surface area contributed by atoms with Crippen LogP contribution in [0.3, 0.4) is 0 Å². The van der Waals surface area contributed by atoms with Gasteiger partial charge in [0.05, 0.1) is 0 Å². The molecule has 1 aliphatic rings.